The molecule has 1 aromatic carbocycles. The molecule has 1 aromatic heterocycles. The summed E-state index contributed by atoms with van der Waals surface area (Å²) in [5.74, 6) is 0.419. The van der Waals surface area contributed by atoms with E-state index >= 15 is 0 Å². The minimum atomic E-state index is -0.319. The molecule has 0 amide bonds. The molecule has 0 aliphatic carbocycles. The average molecular weight is 325 g/mol. The van der Waals surface area contributed by atoms with Crippen molar-refractivity contribution in [3.05, 3.63) is 53.7 Å². The van der Waals surface area contributed by atoms with E-state index < -0.39 is 0 Å². The fraction of sp³-hybridized carbons (Fsp3) is 0.368. The summed E-state index contributed by atoms with van der Waals surface area (Å²) in [6.45, 7) is 2.15. The maximum atomic E-state index is 12.5. The van der Waals surface area contributed by atoms with E-state index in [0.29, 0.717) is 5.56 Å². The van der Waals surface area contributed by atoms with Crippen LogP contribution in [0, 0.1) is 0 Å². The van der Waals surface area contributed by atoms with Crippen LogP contribution in [0.5, 0.6) is 0 Å². The van der Waals surface area contributed by atoms with Gasteiger partial charge in [-0.25, -0.2) is 9.78 Å². The third-order valence-corrected chi connectivity index (χ3v) is 4.21. The molecule has 0 saturated carbocycles. The molecule has 5 nitrogen and oxygen atoms in total. The highest BCUT2D eigenvalue weighted by Gasteiger charge is 2.21. The van der Waals surface area contributed by atoms with Gasteiger partial charge in [-0.15, -0.1) is 0 Å². The smallest absolute Gasteiger partial charge is 0.342 e. The van der Waals surface area contributed by atoms with Crippen LogP contribution in [0.2, 0.25) is 0 Å². The number of ether oxygens (including phenoxy) is 1. The SMILES string of the molecule is CN(C)c1cccc(COC(=O)c2cccnc2N2CCCC2)c1. The monoisotopic (exact) mass is 325 g/mol. The zero-order valence-electron chi connectivity index (χ0n) is 14.2. The number of hydrogen-bond acceptors (Lipinski definition) is 5. The quantitative estimate of drug-likeness (QED) is 0.791. The fourth-order valence-electron chi connectivity index (χ4n) is 2.89. The maximum Gasteiger partial charge on any atom is 0.342 e. The average Bonchev–Trinajstić information content (AvgIpc) is 3.14. The van der Waals surface area contributed by atoms with Crippen molar-refractivity contribution < 1.29 is 9.53 Å². The summed E-state index contributed by atoms with van der Waals surface area (Å²) < 4.78 is 5.52. The molecule has 5 heteroatoms. The van der Waals surface area contributed by atoms with Crippen LogP contribution in [0.3, 0.4) is 0 Å². The van der Waals surface area contributed by atoms with Gasteiger partial charge in [-0.1, -0.05) is 12.1 Å². The van der Waals surface area contributed by atoms with E-state index in [1.807, 2.05) is 43.3 Å². The Balaban J connectivity index is 1.70. The van der Waals surface area contributed by atoms with Crippen molar-refractivity contribution in [2.75, 3.05) is 37.0 Å². The first-order valence-corrected chi connectivity index (χ1v) is 8.28. The second-order valence-electron chi connectivity index (χ2n) is 6.21. The van der Waals surface area contributed by atoms with Crippen molar-refractivity contribution >= 4 is 17.5 Å². The number of benzene rings is 1. The standard InChI is InChI=1S/C19H23N3O2/c1-21(2)16-8-5-7-15(13-16)14-24-19(23)17-9-6-10-20-18(17)22-11-3-4-12-22/h5-10,13H,3-4,11-12,14H2,1-2H3. The van der Waals surface area contributed by atoms with E-state index in [1.54, 1.807) is 18.3 Å². The Kier molecular flexibility index (Phi) is 4.99. The lowest BCUT2D eigenvalue weighted by Gasteiger charge is -2.19. The molecule has 3 rings (SSSR count). The molecule has 0 N–H and O–H groups in total. The third-order valence-electron chi connectivity index (χ3n) is 4.21. The summed E-state index contributed by atoms with van der Waals surface area (Å²) in [4.78, 5) is 21.1. The lowest BCUT2D eigenvalue weighted by Crippen LogP contribution is -2.22. The van der Waals surface area contributed by atoms with Crippen molar-refractivity contribution in [3.8, 4) is 0 Å². The highest BCUT2D eigenvalue weighted by molar-refractivity contribution is 5.94. The molecule has 0 atom stereocenters. The fourth-order valence-corrected chi connectivity index (χ4v) is 2.89. The highest BCUT2D eigenvalue weighted by Crippen LogP contribution is 2.23. The number of esters is 1. The molecule has 0 unspecified atom stereocenters. The molecule has 24 heavy (non-hydrogen) atoms. The Hall–Kier alpha value is -2.56. The lowest BCUT2D eigenvalue weighted by molar-refractivity contribution is 0.0473. The predicted molar refractivity (Wildman–Crippen MR) is 95.6 cm³/mol. The van der Waals surface area contributed by atoms with Crippen LogP contribution in [0.15, 0.2) is 42.6 Å². The summed E-state index contributed by atoms with van der Waals surface area (Å²) in [5, 5.41) is 0. The van der Waals surface area contributed by atoms with Crippen LogP contribution in [0.1, 0.15) is 28.8 Å². The van der Waals surface area contributed by atoms with Gasteiger partial charge in [0.1, 0.15) is 18.0 Å². The van der Waals surface area contributed by atoms with E-state index in [4.69, 9.17) is 4.74 Å². The Morgan fingerprint density at radius 2 is 2.00 bits per heavy atom. The minimum absolute atomic E-state index is 0.259. The summed E-state index contributed by atoms with van der Waals surface area (Å²) in [6.07, 6.45) is 4.01. The molecule has 1 aliphatic rings. The molecule has 1 saturated heterocycles. The minimum Gasteiger partial charge on any atom is -0.457 e. The Morgan fingerprint density at radius 3 is 2.75 bits per heavy atom. The van der Waals surface area contributed by atoms with Crippen LogP contribution in [0.25, 0.3) is 0 Å². The molecule has 0 radical (unpaired) electrons. The molecule has 1 aliphatic heterocycles. The lowest BCUT2D eigenvalue weighted by atomic mass is 10.2. The molecular weight excluding hydrogens is 302 g/mol. The van der Waals surface area contributed by atoms with E-state index in [0.717, 1.165) is 43.0 Å². The van der Waals surface area contributed by atoms with Crippen LogP contribution in [-0.4, -0.2) is 38.1 Å². The first-order chi connectivity index (χ1) is 11.6. The third kappa shape index (κ3) is 3.67. The van der Waals surface area contributed by atoms with Gasteiger partial charge in [-0.2, -0.15) is 0 Å². The predicted octanol–water partition coefficient (Wildman–Crippen LogP) is 3.10. The first-order valence-electron chi connectivity index (χ1n) is 8.28. The largest absolute Gasteiger partial charge is 0.457 e. The van der Waals surface area contributed by atoms with Gasteiger partial charge in [0.05, 0.1) is 0 Å². The Bertz CT molecular complexity index is 709. The number of carbonyl (C=O) groups excluding carboxylic acids is 1. The van der Waals surface area contributed by atoms with E-state index in [1.165, 1.54) is 0 Å². The number of aromatic nitrogens is 1. The molecule has 2 heterocycles. The van der Waals surface area contributed by atoms with Gasteiger partial charge in [-0.05, 0) is 42.7 Å². The topological polar surface area (TPSA) is 45.7 Å². The molecule has 1 fully saturated rings. The van der Waals surface area contributed by atoms with Crippen LogP contribution in [0.4, 0.5) is 11.5 Å². The summed E-state index contributed by atoms with van der Waals surface area (Å²) in [6, 6.07) is 11.6. The van der Waals surface area contributed by atoms with Crippen LogP contribution < -0.4 is 9.80 Å². The molecule has 126 valence electrons. The second-order valence-corrected chi connectivity index (χ2v) is 6.21. The van der Waals surface area contributed by atoms with Crippen molar-refractivity contribution in [3.63, 3.8) is 0 Å². The van der Waals surface area contributed by atoms with Crippen molar-refractivity contribution in [2.45, 2.75) is 19.4 Å². The summed E-state index contributed by atoms with van der Waals surface area (Å²) in [7, 11) is 3.98. The number of anilines is 2. The normalized spacial score (nSPS) is 13.8. The summed E-state index contributed by atoms with van der Waals surface area (Å²) in [5.41, 5.74) is 2.60. The van der Waals surface area contributed by atoms with Gasteiger partial charge >= 0.3 is 5.97 Å². The molecule has 0 bridgehead atoms. The highest BCUT2D eigenvalue weighted by atomic mass is 16.5. The van der Waals surface area contributed by atoms with Crippen molar-refractivity contribution in [2.24, 2.45) is 0 Å². The van der Waals surface area contributed by atoms with Crippen molar-refractivity contribution in [1.82, 2.24) is 4.98 Å². The van der Waals surface area contributed by atoms with Crippen molar-refractivity contribution in [1.29, 1.82) is 0 Å². The Morgan fingerprint density at radius 1 is 1.21 bits per heavy atom. The maximum absolute atomic E-state index is 12.5. The Labute approximate surface area is 142 Å². The number of hydrogen-bond donors (Lipinski definition) is 0. The number of carbonyl (C=O) groups is 1. The van der Waals surface area contributed by atoms with E-state index in [-0.39, 0.29) is 12.6 Å². The number of rotatable bonds is 5. The zero-order chi connectivity index (χ0) is 16.9. The van der Waals surface area contributed by atoms with E-state index in [9.17, 15) is 4.79 Å². The van der Waals surface area contributed by atoms with E-state index in [2.05, 4.69) is 9.88 Å². The van der Waals surface area contributed by atoms with Crippen LogP contribution >= 0.6 is 0 Å². The molecule has 2 aromatic rings. The summed E-state index contributed by atoms with van der Waals surface area (Å²) >= 11 is 0. The van der Waals surface area contributed by atoms with Gasteiger partial charge in [0.25, 0.3) is 0 Å². The zero-order valence-corrected chi connectivity index (χ0v) is 14.2. The second kappa shape index (κ2) is 7.34. The van der Waals surface area contributed by atoms with Gasteiger partial charge in [0.15, 0.2) is 0 Å². The molecular formula is C19H23N3O2. The van der Waals surface area contributed by atoms with Gasteiger partial charge in [0, 0.05) is 39.1 Å². The number of pyridine rings is 1. The van der Waals surface area contributed by atoms with Crippen LogP contribution in [-0.2, 0) is 11.3 Å². The van der Waals surface area contributed by atoms with Gasteiger partial charge < -0.3 is 14.5 Å². The molecule has 0 spiro atoms. The van der Waals surface area contributed by atoms with Gasteiger partial charge in [-0.3, -0.25) is 0 Å². The number of nitrogens with zero attached hydrogens (tertiary/aromatic N) is 3. The first kappa shape index (κ1) is 16.3. The van der Waals surface area contributed by atoms with Gasteiger partial charge in [0.2, 0.25) is 0 Å².